The minimum Gasteiger partial charge on any atom is -0.120 e. The van der Waals surface area contributed by atoms with E-state index in [0.717, 1.165) is 38.0 Å². The highest BCUT2D eigenvalue weighted by molar-refractivity contribution is 6.25. The second-order valence-electron chi connectivity index (χ2n) is 8.36. The van der Waals surface area contributed by atoms with Crippen molar-refractivity contribution in [3.8, 4) is 0 Å². The molecule has 0 fully saturated rings. The lowest BCUT2D eigenvalue weighted by Gasteiger charge is -2.25. The van der Waals surface area contributed by atoms with E-state index in [1.54, 1.807) is 0 Å². The van der Waals surface area contributed by atoms with E-state index in [1.807, 2.05) is 13.0 Å². The quantitative estimate of drug-likeness (QED) is 0.221. The van der Waals surface area contributed by atoms with E-state index in [9.17, 15) is 0 Å². The van der Waals surface area contributed by atoms with Crippen LogP contribution in [-0.2, 0) is 0 Å². The molecule has 0 saturated heterocycles. The van der Waals surface area contributed by atoms with Gasteiger partial charge in [-0.05, 0) is 65.7 Å². The van der Waals surface area contributed by atoms with Crippen molar-refractivity contribution < 1.29 is 0 Å². The first-order chi connectivity index (χ1) is 10.4. The van der Waals surface area contributed by atoms with Gasteiger partial charge in [0.1, 0.15) is 0 Å². The number of hydrogen-bond donors (Lipinski definition) is 0. The lowest BCUT2D eigenvalue weighted by atomic mass is 9.90. The molecule has 0 saturated carbocycles. The number of alkyl halides is 3. The van der Waals surface area contributed by atoms with Gasteiger partial charge in [0.15, 0.2) is 0 Å². The zero-order valence-corrected chi connectivity index (χ0v) is 18.1. The molecule has 0 amide bonds. The first kappa shape index (κ1) is 23.6. The molecule has 0 nitrogen and oxygen atoms in total. The smallest absolute Gasteiger partial charge is 0.0595 e. The summed E-state index contributed by atoms with van der Waals surface area (Å²) in [6, 6.07) is 0. The molecule has 0 heterocycles. The molecule has 3 atom stereocenters. The molecule has 0 aliphatic carbocycles. The second kappa shape index (κ2) is 10.6. The van der Waals surface area contributed by atoms with Gasteiger partial charge in [-0.2, -0.15) is 0 Å². The molecule has 23 heavy (non-hydrogen) atoms. The van der Waals surface area contributed by atoms with E-state index in [1.165, 1.54) is 25.7 Å². The lowest BCUT2D eigenvalue weighted by molar-refractivity contribution is 0.401. The zero-order valence-electron chi connectivity index (χ0n) is 15.9. The molecule has 0 rings (SSSR count). The Hall–Kier alpha value is 0.610. The highest BCUT2D eigenvalue weighted by atomic mass is 35.5. The van der Waals surface area contributed by atoms with Crippen LogP contribution in [0.25, 0.3) is 0 Å². The highest BCUT2D eigenvalue weighted by Crippen LogP contribution is 2.32. The van der Waals surface area contributed by atoms with Crippen molar-refractivity contribution in [2.75, 3.05) is 0 Å². The summed E-state index contributed by atoms with van der Waals surface area (Å²) < 4.78 is 0. The maximum Gasteiger partial charge on any atom is 0.0595 e. The zero-order chi connectivity index (χ0) is 18.1. The lowest BCUT2D eigenvalue weighted by Crippen LogP contribution is -2.19. The molecule has 3 heteroatoms. The number of halogens is 3. The van der Waals surface area contributed by atoms with E-state index in [0.29, 0.717) is 0 Å². The minimum atomic E-state index is -0.294. The summed E-state index contributed by atoms with van der Waals surface area (Å²) in [5.41, 5.74) is 0. The van der Waals surface area contributed by atoms with Gasteiger partial charge >= 0.3 is 0 Å². The Bertz CT molecular complexity index is 326. The third-order valence-corrected chi connectivity index (χ3v) is 5.56. The van der Waals surface area contributed by atoms with Crippen LogP contribution in [0.2, 0.25) is 0 Å². The topological polar surface area (TPSA) is 0 Å². The maximum atomic E-state index is 6.67. The summed E-state index contributed by atoms with van der Waals surface area (Å²) in [6.07, 6.45) is 11.9. The minimum absolute atomic E-state index is 0.0587. The van der Waals surface area contributed by atoms with E-state index in [2.05, 4.69) is 34.3 Å². The molecule has 0 aromatic heterocycles. The molecule has 138 valence electrons. The van der Waals surface area contributed by atoms with Crippen LogP contribution in [0.15, 0.2) is 12.7 Å². The van der Waals surface area contributed by atoms with Crippen molar-refractivity contribution in [2.45, 2.75) is 107 Å². The monoisotopic (exact) mass is 382 g/mol. The van der Waals surface area contributed by atoms with Gasteiger partial charge in [0.25, 0.3) is 0 Å². The van der Waals surface area contributed by atoms with Crippen molar-refractivity contribution >= 4 is 34.8 Å². The van der Waals surface area contributed by atoms with Crippen molar-refractivity contribution in [2.24, 2.45) is 5.92 Å². The number of hydrogen-bond acceptors (Lipinski definition) is 0. The predicted molar refractivity (Wildman–Crippen MR) is 109 cm³/mol. The van der Waals surface area contributed by atoms with Gasteiger partial charge in [0, 0.05) is 9.75 Å². The molecule has 0 spiro atoms. The van der Waals surface area contributed by atoms with Crippen LogP contribution < -0.4 is 0 Å². The molecule has 0 aromatic rings. The van der Waals surface area contributed by atoms with Crippen molar-refractivity contribution in [1.82, 2.24) is 0 Å². The summed E-state index contributed by atoms with van der Waals surface area (Å²) in [7, 11) is 0. The summed E-state index contributed by atoms with van der Waals surface area (Å²) in [5.74, 6) is 0.758. The van der Waals surface area contributed by atoms with Crippen molar-refractivity contribution in [3.63, 3.8) is 0 Å². The third-order valence-electron chi connectivity index (χ3n) is 4.65. The van der Waals surface area contributed by atoms with Crippen LogP contribution in [-0.4, -0.2) is 14.6 Å². The molecule has 0 radical (unpaired) electrons. The standard InChI is InChI=1S/C20H37Cl3/c1-7-19(5,22)15-10-16-20(6,23)14-9-12-17(2)11-8-13-18(3,4)21/h7,17H,1,8-16H2,2-6H3. The van der Waals surface area contributed by atoms with Crippen LogP contribution in [0.5, 0.6) is 0 Å². The van der Waals surface area contributed by atoms with E-state index >= 15 is 0 Å². The fraction of sp³-hybridized carbons (Fsp3) is 0.900. The van der Waals surface area contributed by atoms with Crippen molar-refractivity contribution in [1.29, 1.82) is 0 Å². The summed E-state index contributed by atoms with van der Waals surface area (Å²) in [6.45, 7) is 14.5. The van der Waals surface area contributed by atoms with Gasteiger partial charge in [0.2, 0.25) is 0 Å². The Balaban J connectivity index is 3.85. The maximum absolute atomic E-state index is 6.67. The first-order valence-corrected chi connectivity index (χ1v) is 10.2. The molecular formula is C20H37Cl3. The van der Waals surface area contributed by atoms with Gasteiger partial charge < -0.3 is 0 Å². The van der Waals surface area contributed by atoms with E-state index in [4.69, 9.17) is 34.8 Å². The Labute approximate surface area is 160 Å². The SMILES string of the molecule is C=CC(C)(Cl)CCCC(C)(Cl)CCCC(C)CCCC(C)(C)Cl. The number of allylic oxidation sites excluding steroid dienone is 1. The highest BCUT2D eigenvalue weighted by Gasteiger charge is 2.23. The van der Waals surface area contributed by atoms with Crippen LogP contribution in [0.1, 0.15) is 92.4 Å². The fourth-order valence-corrected chi connectivity index (χ4v) is 3.40. The Morgan fingerprint density at radius 1 is 0.826 bits per heavy atom. The predicted octanol–water partition coefficient (Wildman–Crippen LogP) is 8.33. The Morgan fingerprint density at radius 3 is 1.78 bits per heavy atom. The second-order valence-corrected chi connectivity index (χ2v) is 11.2. The molecular weight excluding hydrogens is 347 g/mol. The van der Waals surface area contributed by atoms with Gasteiger partial charge in [-0.25, -0.2) is 0 Å². The van der Waals surface area contributed by atoms with Gasteiger partial charge in [-0.3, -0.25) is 0 Å². The van der Waals surface area contributed by atoms with Crippen molar-refractivity contribution in [3.05, 3.63) is 12.7 Å². The molecule has 0 bridgehead atoms. The molecule has 0 N–H and O–H groups in total. The van der Waals surface area contributed by atoms with E-state index in [-0.39, 0.29) is 14.6 Å². The van der Waals surface area contributed by atoms with Crippen LogP contribution >= 0.6 is 34.8 Å². The van der Waals surface area contributed by atoms with Crippen LogP contribution in [0.3, 0.4) is 0 Å². The first-order valence-electron chi connectivity index (χ1n) is 9.07. The molecule has 0 aromatic carbocycles. The summed E-state index contributed by atoms with van der Waals surface area (Å²) in [4.78, 5) is -0.458. The van der Waals surface area contributed by atoms with Gasteiger partial charge in [0.05, 0.1) is 4.87 Å². The van der Waals surface area contributed by atoms with Gasteiger partial charge in [-0.15, -0.1) is 41.4 Å². The molecule has 3 unspecified atom stereocenters. The average Bonchev–Trinajstić information content (AvgIpc) is 2.36. The Kier molecular flexibility index (Phi) is 10.8. The number of rotatable bonds is 13. The van der Waals surface area contributed by atoms with Gasteiger partial charge in [-0.1, -0.05) is 38.7 Å². The van der Waals surface area contributed by atoms with Crippen LogP contribution in [0.4, 0.5) is 0 Å². The van der Waals surface area contributed by atoms with Crippen LogP contribution in [0, 0.1) is 5.92 Å². The largest absolute Gasteiger partial charge is 0.120 e. The normalized spacial score (nSPS) is 19.0. The molecule has 0 aliphatic rings. The average molecular weight is 384 g/mol. The van der Waals surface area contributed by atoms with E-state index < -0.39 is 0 Å². The summed E-state index contributed by atoms with van der Waals surface area (Å²) in [5, 5.41) is 0. The molecule has 0 aliphatic heterocycles. The Morgan fingerprint density at radius 2 is 1.30 bits per heavy atom. The fourth-order valence-electron chi connectivity index (χ4n) is 2.86. The summed E-state index contributed by atoms with van der Waals surface area (Å²) >= 11 is 19.2. The third kappa shape index (κ3) is 14.6.